The first-order valence-corrected chi connectivity index (χ1v) is 8.55. The number of halogens is 3. The molecule has 3 heterocycles. The lowest BCUT2D eigenvalue weighted by Crippen LogP contribution is -2.08. The highest BCUT2D eigenvalue weighted by molar-refractivity contribution is 6.28. The van der Waals surface area contributed by atoms with Gasteiger partial charge >= 0.3 is 0 Å². The lowest BCUT2D eigenvalue weighted by atomic mass is 10.2. The first-order chi connectivity index (χ1) is 12.5. The fourth-order valence-electron chi connectivity index (χ4n) is 2.96. The van der Waals surface area contributed by atoms with Crippen molar-refractivity contribution in [2.75, 3.05) is 0 Å². The van der Waals surface area contributed by atoms with Crippen LogP contribution >= 0.6 is 11.6 Å². The molecule has 0 aliphatic carbocycles. The third-order valence-corrected chi connectivity index (χ3v) is 4.60. The SMILES string of the molecule is CCC(C)n1cnc2c(-n3c(C(F)F)nc4ccccc43)nc(Cl)nc21. The minimum atomic E-state index is -2.78. The van der Waals surface area contributed by atoms with Gasteiger partial charge in [-0.3, -0.25) is 4.57 Å². The molecule has 0 aliphatic rings. The van der Waals surface area contributed by atoms with Gasteiger partial charge in [-0.25, -0.2) is 18.7 Å². The average Bonchev–Trinajstić information content (AvgIpc) is 3.22. The van der Waals surface area contributed by atoms with E-state index in [9.17, 15) is 8.78 Å². The van der Waals surface area contributed by atoms with Crippen LogP contribution in [0.5, 0.6) is 0 Å². The number of hydrogen-bond acceptors (Lipinski definition) is 4. The quantitative estimate of drug-likeness (QED) is 0.483. The zero-order valence-electron chi connectivity index (χ0n) is 14.1. The largest absolute Gasteiger partial charge is 0.312 e. The molecule has 1 unspecified atom stereocenters. The molecule has 0 fully saturated rings. The first-order valence-electron chi connectivity index (χ1n) is 8.17. The van der Waals surface area contributed by atoms with E-state index in [4.69, 9.17) is 11.6 Å². The van der Waals surface area contributed by atoms with Gasteiger partial charge in [0.1, 0.15) is 0 Å². The van der Waals surface area contributed by atoms with E-state index in [0.29, 0.717) is 22.2 Å². The number of rotatable bonds is 4. The Morgan fingerprint density at radius 1 is 1.15 bits per heavy atom. The molecule has 4 aromatic rings. The minimum Gasteiger partial charge on any atom is -0.312 e. The van der Waals surface area contributed by atoms with Gasteiger partial charge in [0.2, 0.25) is 5.28 Å². The molecule has 0 radical (unpaired) electrons. The molecule has 9 heteroatoms. The third kappa shape index (κ3) is 2.52. The second-order valence-electron chi connectivity index (χ2n) is 5.99. The molecule has 0 N–H and O–H groups in total. The molecule has 134 valence electrons. The number of aromatic nitrogens is 6. The van der Waals surface area contributed by atoms with Crippen molar-refractivity contribution in [3.8, 4) is 5.82 Å². The summed E-state index contributed by atoms with van der Waals surface area (Å²) in [5.41, 5.74) is 1.87. The lowest BCUT2D eigenvalue weighted by Gasteiger charge is -2.12. The Morgan fingerprint density at radius 2 is 1.92 bits per heavy atom. The topological polar surface area (TPSA) is 61.4 Å². The van der Waals surface area contributed by atoms with E-state index >= 15 is 0 Å². The van der Waals surface area contributed by atoms with Crippen LogP contribution in [-0.2, 0) is 0 Å². The molecule has 0 spiro atoms. The van der Waals surface area contributed by atoms with Gasteiger partial charge in [-0.15, -0.1) is 0 Å². The van der Waals surface area contributed by atoms with Crippen LogP contribution in [0.15, 0.2) is 30.6 Å². The molecule has 1 aromatic carbocycles. The summed E-state index contributed by atoms with van der Waals surface area (Å²) >= 11 is 6.12. The fourth-order valence-corrected chi connectivity index (χ4v) is 3.12. The van der Waals surface area contributed by atoms with Gasteiger partial charge in [0.25, 0.3) is 6.43 Å². The van der Waals surface area contributed by atoms with E-state index in [-0.39, 0.29) is 17.1 Å². The van der Waals surface area contributed by atoms with Crippen molar-refractivity contribution in [3.05, 3.63) is 41.7 Å². The van der Waals surface area contributed by atoms with Crippen molar-refractivity contribution in [1.29, 1.82) is 0 Å². The van der Waals surface area contributed by atoms with Crippen molar-refractivity contribution >= 4 is 33.8 Å². The minimum absolute atomic E-state index is 0.0319. The number of hydrogen-bond donors (Lipinski definition) is 0. The van der Waals surface area contributed by atoms with Gasteiger partial charge in [-0.2, -0.15) is 9.97 Å². The Bertz CT molecular complexity index is 1100. The summed E-state index contributed by atoms with van der Waals surface area (Å²) in [6, 6.07) is 7.02. The number of fused-ring (bicyclic) bond motifs is 2. The van der Waals surface area contributed by atoms with Gasteiger partial charge in [0.15, 0.2) is 22.8 Å². The van der Waals surface area contributed by atoms with Crippen molar-refractivity contribution in [1.82, 2.24) is 29.1 Å². The smallest absolute Gasteiger partial charge is 0.296 e. The molecule has 4 rings (SSSR count). The number of imidazole rings is 2. The Hall–Kier alpha value is -2.61. The van der Waals surface area contributed by atoms with Crippen LogP contribution in [0.25, 0.3) is 28.0 Å². The molecule has 0 saturated carbocycles. The van der Waals surface area contributed by atoms with Crippen LogP contribution in [0.4, 0.5) is 8.78 Å². The summed E-state index contributed by atoms with van der Waals surface area (Å²) in [7, 11) is 0. The molecule has 26 heavy (non-hydrogen) atoms. The lowest BCUT2D eigenvalue weighted by molar-refractivity contribution is 0.139. The first kappa shape index (κ1) is 16.8. The van der Waals surface area contributed by atoms with Crippen LogP contribution in [0.3, 0.4) is 0 Å². The summed E-state index contributed by atoms with van der Waals surface area (Å²) < 4.78 is 30.5. The highest BCUT2D eigenvalue weighted by Crippen LogP contribution is 2.31. The van der Waals surface area contributed by atoms with Crippen molar-refractivity contribution < 1.29 is 8.78 Å². The van der Waals surface area contributed by atoms with Crippen LogP contribution < -0.4 is 0 Å². The second-order valence-corrected chi connectivity index (χ2v) is 6.33. The summed E-state index contributed by atoms with van der Waals surface area (Å²) in [6.07, 6.45) is -0.282. The summed E-state index contributed by atoms with van der Waals surface area (Å²) in [5.74, 6) is -0.202. The summed E-state index contributed by atoms with van der Waals surface area (Å²) in [4.78, 5) is 16.9. The Balaban J connectivity index is 2.08. The Labute approximate surface area is 152 Å². The third-order valence-electron chi connectivity index (χ3n) is 4.44. The van der Waals surface area contributed by atoms with E-state index in [1.165, 1.54) is 4.57 Å². The van der Waals surface area contributed by atoms with E-state index < -0.39 is 12.2 Å². The molecule has 0 aliphatic heterocycles. The second kappa shape index (κ2) is 6.28. The maximum Gasteiger partial charge on any atom is 0.296 e. The number of para-hydroxylation sites is 2. The highest BCUT2D eigenvalue weighted by atomic mass is 35.5. The maximum atomic E-state index is 13.7. The normalized spacial score (nSPS) is 13.2. The Morgan fingerprint density at radius 3 is 2.65 bits per heavy atom. The van der Waals surface area contributed by atoms with Gasteiger partial charge in [-0.1, -0.05) is 19.1 Å². The molecule has 0 bridgehead atoms. The molecular weight excluding hydrogens is 362 g/mol. The molecule has 3 aromatic heterocycles. The van der Waals surface area contributed by atoms with Crippen molar-refractivity contribution in [3.63, 3.8) is 0 Å². The number of alkyl halides is 2. The van der Waals surface area contributed by atoms with E-state index in [2.05, 4.69) is 19.9 Å². The number of benzene rings is 1. The van der Waals surface area contributed by atoms with Gasteiger partial charge in [0.05, 0.1) is 17.4 Å². The monoisotopic (exact) mass is 376 g/mol. The predicted molar refractivity (Wildman–Crippen MR) is 94.9 cm³/mol. The Kier molecular flexibility index (Phi) is 4.07. The summed E-state index contributed by atoms with van der Waals surface area (Å²) in [6.45, 7) is 4.06. The van der Waals surface area contributed by atoms with Crippen LogP contribution in [0.2, 0.25) is 5.28 Å². The molecule has 6 nitrogen and oxygen atoms in total. The van der Waals surface area contributed by atoms with Gasteiger partial charge < -0.3 is 4.57 Å². The average molecular weight is 377 g/mol. The standard InChI is InChI=1S/C17H15ClF2N6/c1-3-9(2)25-8-21-12-14(25)23-17(18)24-15(12)26-11-7-5-4-6-10(11)22-16(26)13(19)20/h4-9,13H,3H2,1-2H3. The highest BCUT2D eigenvalue weighted by Gasteiger charge is 2.24. The van der Waals surface area contributed by atoms with Crippen LogP contribution in [0.1, 0.15) is 38.6 Å². The zero-order valence-corrected chi connectivity index (χ0v) is 14.8. The molecule has 1 atom stereocenters. The van der Waals surface area contributed by atoms with Gasteiger partial charge in [0, 0.05) is 6.04 Å². The van der Waals surface area contributed by atoms with E-state index in [1.54, 1.807) is 30.6 Å². The fraction of sp³-hybridized carbons (Fsp3) is 0.294. The van der Waals surface area contributed by atoms with E-state index in [1.807, 2.05) is 18.4 Å². The predicted octanol–water partition coefficient (Wildman–Crippen LogP) is 4.73. The van der Waals surface area contributed by atoms with Crippen LogP contribution in [-0.4, -0.2) is 29.1 Å². The van der Waals surface area contributed by atoms with E-state index in [0.717, 1.165) is 6.42 Å². The zero-order chi connectivity index (χ0) is 18.4. The van der Waals surface area contributed by atoms with Crippen molar-refractivity contribution in [2.45, 2.75) is 32.7 Å². The maximum absolute atomic E-state index is 13.7. The molecule has 0 saturated heterocycles. The number of nitrogens with zero attached hydrogens (tertiary/aromatic N) is 6. The van der Waals surface area contributed by atoms with Crippen molar-refractivity contribution in [2.24, 2.45) is 0 Å². The molecule has 0 amide bonds. The van der Waals surface area contributed by atoms with Crippen LogP contribution in [0, 0.1) is 0 Å². The molecular formula is C17H15ClF2N6. The summed E-state index contributed by atoms with van der Waals surface area (Å²) in [5, 5.41) is -0.0319. The van der Waals surface area contributed by atoms with Gasteiger partial charge in [-0.05, 0) is 37.1 Å².